The smallest absolute Gasteiger partial charge is 0.418 e. The number of halogens is 4. The van der Waals surface area contributed by atoms with E-state index in [-0.39, 0.29) is 11.4 Å². The standard InChI is InChI=1S/C20H15ClF3NO5/c1-28-12-5-6-13-11(9-29-16(13)8-12)7-18(27)30-10-17(26)25-19-14(20(22,23)24)3-2-4-15(19)21/h2-6,8-9H,7,10H2,1H3,(H,25,26). The van der Waals surface area contributed by atoms with E-state index in [1.54, 1.807) is 18.2 Å². The van der Waals surface area contributed by atoms with Crippen LogP contribution in [0.5, 0.6) is 5.75 Å². The molecule has 3 aromatic rings. The lowest BCUT2D eigenvalue weighted by molar-refractivity contribution is -0.146. The number of para-hydroxylation sites is 1. The van der Waals surface area contributed by atoms with Crippen LogP contribution in [0.3, 0.4) is 0 Å². The van der Waals surface area contributed by atoms with Crippen LogP contribution in [-0.2, 0) is 26.9 Å². The second kappa shape index (κ2) is 8.66. The minimum absolute atomic E-state index is 0.188. The Bertz CT molecular complexity index is 1090. The van der Waals surface area contributed by atoms with Gasteiger partial charge in [-0.2, -0.15) is 13.2 Å². The summed E-state index contributed by atoms with van der Waals surface area (Å²) in [5.41, 5.74) is -0.658. The highest BCUT2D eigenvalue weighted by molar-refractivity contribution is 6.34. The Morgan fingerprint density at radius 1 is 1.20 bits per heavy atom. The van der Waals surface area contributed by atoms with Crippen molar-refractivity contribution in [2.24, 2.45) is 0 Å². The molecule has 30 heavy (non-hydrogen) atoms. The summed E-state index contributed by atoms with van der Waals surface area (Å²) in [6, 6.07) is 8.17. The number of alkyl halides is 3. The average Bonchev–Trinajstić information content (AvgIpc) is 3.09. The van der Waals surface area contributed by atoms with Crippen molar-refractivity contribution in [2.75, 3.05) is 19.0 Å². The SMILES string of the molecule is COc1ccc2c(CC(=O)OCC(=O)Nc3c(Cl)cccc3C(F)(F)F)coc2c1. The second-order valence-electron chi connectivity index (χ2n) is 6.17. The number of hydrogen-bond acceptors (Lipinski definition) is 5. The number of esters is 1. The molecule has 0 unspecified atom stereocenters. The Hall–Kier alpha value is -3.20. The van der Waals surface area contributed by atoms with Crippen molar-refractivity contribution in [3.05, 3.63) is 58.8 Å². The number of hydrogen-bond donors (Lipinski definition) is 1. The van der Waals surface area contributed by atoms with Gasteiger partial charge in [-0.15, -0.1) is 0 Å². The fourth-order valence-electron chi connectivity index (χ4n) is 2.74. The molecule has 0 fully saturated rings. The molecule has 3 rings (SSSR count). The van der Waals surface area contributed by atoms with Crippen LogP contribution in [0, 0.1) is 0 Å². The number of carbonyl (C=O) groups excluding carboxylic acids is 2. The van der Waals surface area contributed by atoms with Gasteiger partial charge in [0, 0.05) is 17.0 Å². The number of furan rings is 1. The Morgan fingerprint density at radius 2 is 1.97 bits per heavy atom. The molecule has 158 valence electrons. The van der Waals surface area contributed by atoms with E-state index in [4.69, 9.17) is 25.5 Å². The summed E-state index contributed by atoms with van der Waals surface area (Å²) in [5.74, 6) is -1.12. The Labute approximate surface area is 173 Å². The number of carbonyl (C=O) groups is 2. The maximum atomic E-state index is 13.1. The average molecular weight is 442 g/mol. The molecular weight excluding hydrogens is 427 g/mol. The van der Waals surface area contributed by atoms with E-state index in [2.05, 4.69) is 0 Å². The molecular formula is C20H15ClF3NO5. The van der Waals surface area contributed by atoms with Crippen molar-refractivity contribution < 1.29 is 36.7 Å². The molecule has 6 nitrogen and oxygen atoms in total. The monoisotopic (exact) mass is 441 g/mol. The third-order valence-corrected chi connectivity index (χ3v) is 4.46. The number of amides is 1. The first-order valence-electron chi connectivity index (χ1n) is 8.54. The van der Waals surface area contributed by atoms with E-state index in [1.807, 2.05) is 5.32 Å². The zero-order chi connectivity index (χ0) is 21.9. The summed E-state index contributed by atoms with van der Waals surface area (Å²) >= 11 is 5.77. The van der Waals surface area contributed by atoms with Gasteiger partial charge in [0.2, 0.25) is 0 Å². The van der Waals surface area contributed by atoms with Gasteiger partial charge in [0.25, 0.3) is 5.91 Å². The third-order valence-electron chi connectivity index (χ3n) is 4.15. The molecule has 1 N–H and O–H groups in total. The lowest BCUT2D eigenvalue weighted by atomic mass is 10.1. The maximum absolute atomic E-state index is 13.1. The lowest BCUT2D eigenvalue weighted by Crippen LogP contribution is -2.23. The van der Waals surface area contributed by atoms with Gasteiger partial charge in [0.15, 0.2) is 6.61 Å². The Balaban J connectivity index is 1.62. The van der Waals surface area contributed by atoms with Gasteiger partial charge < -0.3 is 19.2 Å². The van der Waals surface area contributed by atoms with Crippen molar-refractivity contribution >= 4 is 40.1 Å². The van der Waals surface area contributed by atoms with E-state index in [0.717, 1.165) is 12.1 Å². The molecule has 1 heterocycles. The van der Waals surface area contributed by atoms with Crippen LogP contribution in [0.1, 0.15) is 11.1 Å². The first-order valence-corrected chi connectivity index (χ1v) is 8.92. The van der Waals surface area contributed by atoms with Crippen molar-refractivity contribution in [3.63, 3.8) is 0 Å². The van der Waals surface area contributed by atoms with Gasteiger partial charge in [0.05, 0.1) is 36.1 Å². The van der Waals surface area contributed by atoms with Gasteiger partial charge in [-0.3, -0.25) is 9.59 Å². The van der Waals surface area contributed by atoms with Crippen LogP contribution in [0.2, 0.25) is 5.02 Å². The molecule has 0 saturated heterocycles. The van der Waals surface area contributed by atoms with Crippen LogP contribution < -0.4 is 10.1 Å². The summed E-state index contributed by atoms with van der Waals surface area (Å²) in [5, 5.41) is 2.42. The molecule has 0 atom stereocenters. The highest BCUT2D eigenvalue weighted by Crippen LogP contribution is 2.38. The van der Waals surface area contributed by atoms with E-state index < -0.39 is 35.9 Å². The number of ether oxygens (including phenoxy) is 2. The van der Waals surface area contributed by atoms with E-state index in [9.17, 15) is 22.8 Å². The molecule has 0 radical (unpaired) electrons. The first kappa shape index (κ1) is 21.5. The summed E-state index contributed by atoms with van der Waals surface area (Å²) in [6.45, 7) is -0.773. The van der Waals surface area contributed by atoms with E-state index >= 15 is 0 Å². The van der Waals surface area contributed by atoms with Crippen molar-refractivity contribution in [1.29, 1.82) is 0 Å². The van der Waals surface area contributed by atoms with E-state index in [1.165, 1.54) is 19.4 Å². The van der Waals surface area contributed by atoms with Gasteiger partial charge in [-0.05, 0) is 24.3 Å². The summed E-state index contributed by atoms with van der Waals surface area (Å²) < 4.78 is 54.5. The quantitative estimate of drug-likeness (QED) is 0.554. The van der Waals surface area contributed by atoms with Crippen LogP contribution >= 0.6 is 11.6 Å². The predicted octanol–water partition coefficient (Wildman–Crippen LogP) is 4.84. The van der Waals surface area contributed by atoms with Gasteiger partial charge in [0.1, 0.15) is 11.3 Å². The molecule has 2 aromatic carbocycles. The number of anilines is 1. The molecule has 0 bridgehead atoms. The zero-order valence-corrected chi connectivity index (χ0v) is 16.3. The van der Waals surface area contributed by atoms with Crippen LogP contribution in [0.15, 0.2) is 47.1 Å². The molecule has 0 saturated carbocycles. The Morgan fingerprint density at radius 3 is 2.67 bits per heavy atom. The Kier molecular flexibility index (Phi) is 6.21. The summed E-state index contributed by atoms with van der Waals surface area (Å²) in [6.07, 6.45) is -3.52. The van der Waals surface area contributed by atoms with Crippen molar-refractivity contribution in [2.45, 2.75) is 12.6 Å². The molecule has 0 aliphatic rings. The first-order chi connectivity index (χ1) is 14.2. The largest absolute Gasteiger partial charge is 0.497 e. The molecule has 1 amide bonds. The predicted molar refractivity (Wildman–Crippen MR) is 103 cm³/mol. The molecule has 0 aliphatic heterocycles. The molecule has 0 spiro atoms. The second-order valence-corrected chi connectivity index (χ2v) is 6.58. The highest BCUT2D eigenvalue weighted by atomic mass is 35.5. The van der Waals surface area contributed by atoms with Crippen LogP contribution in [-0.4, -0.2) is 25.6 Å². The summed E-state index contributed by atoms with van der Waals surface area (Å²) in [7, 11) is 1.51. The fourth-order valence-corrected chi connectivity index (χ4v) is 2.96. The summed E-state index contributed by atoms with van der Waals surface area (Å²) in [4.78, 5) is 24.0. The number of fused-ring (bicyclic) bond motifs is 1. The zero-order valence-electron chi connectivity index (χ0n) is 15.5. The molecule has 0 aliphatic carbocycles. The number of rotatable bonds is 6. The number of methoxy groups -OCH3 is 1. The van der Waals surface area contributed by atoms with Gasteiger partial charge in [-0.25, -0.2) is 0 Å². The minimum atomic E-state index is -4.71. The van der Waals surface area contributed by atoms with Crippen molar-refractivity contribution in [3.8, 4) is 5.75 Å². The van der Waals surface area contributed by atoms with E-state index in [0.29, 0.717) is 22.3 Å². The lowest BCUT2D eigenvalue weighted by Gasteiger charge is -2.15. The maximum Gasteiger partial charge on any atom is 0.418 e. The fraction of sp³-hybridized carbons (Fsp3) is 0.200. The topological polar surface area (TPSA) is 77.8 Å². The molecule has 10 heteroatoms. The number of benzene rings is 2. The highest BCUT2D eigenvalue weighted by Gasteiger charge is 2.34. The number of nitrogens with one attached hydrogen (secondary N) is 1. The van der Waals surface area contributed by atoms with Gasteiger partial charge >= 0.3 is 12.1 Å². The molecule has 1 aromatic heterocycles. The van der Waals surface area contributed by atoms with Gasteiger partial charge in [-0.1, -0.05) is 17.7 Å². The van der Waals surface area contributed by atoms with Crippen LogP contribution in [0.4, 0.5) is 18.9 Å². The van der Waals surface area contributed by atoms with Crippen LogP contribution in [0.25, 0.3) is 11.0 Å². The van der Waals surface area contributed by atoms with Crippen molar-refractivity contribution in [1.82, 2.24) is 0 Å². The third kappa shape index (κ3) is 4.85. The minimum Gasteiger partial charge on any atom is -0.497 e. The normalized spacial score (nSPS) is 11.4.